The van der Waals surface area contributed by atoms with Gasteiger partial charge in [0, 0.05) is 19.1 Å². The van der Waals surface area contributed by atoms with Gasteiger partial charge in [-0.15, -0.1) is 0 Å². The largest absolute Gasteiger partial charge is 0.370 e. The number of hydrogen-bond acceptors (Lipinski definition) is 2. The molecule has 0 bridgehead atoms. The van der Waals surface area contributed by atoms with E-state index >= 15 is 0 Å². The zero-order valence-corrected chi connectivity index (χ0v) is 9.80. The Kier molecular flexibility index (Phi) is 3.17. The molecule has 1 aliphatic rings. The fourth-order valence-corrected chi connectivity index (χ4v) is 2.33. The summed E-state index contributed by atoms with van der Waals surface area (Å²) in [6, 6.07) is 6.20. The first-order valence-electron chi connectivity index (χ1n) is 5.48. The molecule has 2 rings (SSSR count). The first-order chi connectivity index (χ1) is 7.18. The molecule has 3 heteroatoms. The van der Waals surface area contributed by atoms with E-state index in [4.69, 9.17) is 17.3 Å². The molecule has 0 saturated carbocycles. The van der Waals surface area contributed by atoms with Gasteiger partial charge in [0.2, 0.25) is 0 Å². The molecule has 1 fully saturated rings. The van der Waals surface area contributed by atoms with Gasteiger partial charge in [0.05, 0.1) is 10.7 Å². The molecule has 1 atom stereocenters. The Balaban J connectivity index is 2.25. The van der Waals surface area contributed by atoms with Gasteiger partial charge >= 0.3 is 0 Å². The van der Waals surface area contributed by atoms with E-state index in [-0.39, 0.29) is 6.04 Å². The number of anilines is 1. The van der Waals surface area contributed by atoms with Crippen molar-refractivity contribution in [3.63, 3.8) is 0 Å². The lowest BCUT2D eigenvalue weighted by Gasteiger charge is -2.20. The lowest BCUT2D eigenvalue weighted by Crippen LogP contribution is -2.18. The number of halogens is 1. The smallest absolute Gasteiger partial charge is 0.0642 e. The van der Waals surface area contributed by atoms with Gasteiger partial charge in [0.25, 0.3) is 0 Å². The average Bonchev–Trinajstić information content (AvgIpc) is 2.70. The molecular formula is C12H17ClN2. The van der Waals surface area contributed by atoms with E-state index in [0.29, 0.717) is 0 Å². The lowest BCUT2D eigenvalue weighted by atomic mass is 10.1. The summed E-state index contributed by atoms with van der Waals surface area (Å²) in [5, 5.41) is 0.826. The average molecular weight is 225 g/mol. The summed E-state index contributed by atoms with van der Waals surface area (Å²) in [6.07, 6.45) is 2.54. The van der Waals surface area contributed by atoms with Crippen molar-refractivity contribution in [1.82, 2.24) is 0 Å². The van der Waals surface area contributed by atoms with Crippen LogP contribution in [0.5, 0.6) is 0 Å². The maximum absolute atomic E-state index is 6.26. The molecule has 82 valence electrons. The Morgan fingerprint density at radius 3 is 2.53 bits per heavy atom. The van der Waals surface area contributed by atoms with Gasteiger partial charge in [-0.3, -0.25) is 0 Å². The molecule has 0 aliphatic carbocycles. The van der Waals surface area contributed by atoms with Crippen molar-refractivity contribution < 1.29 is 0 Å². The Bertz CT molecular complexity index is 343. The van der Waals surface area contributed by atoms with E-state index in [1.165, 1.54) is 12.8 Å². The number of benzene rings is 1. The quantitative estimate of drug-likeness (QED) is 0.837. The zero-order chi connectivity index (χ0) is 10.8. The number of rotatable bonds is 2. The number of nitrogens with zero attached hydrogens (tertiary/aromatic N) is 1. The van der Waals surface area contributed by atoms with Crippen LogP contribution in [0.3, 0.4) is 0 Å². The first-order valence-corrected chi connectivity index (χ1v) is 5.86. The SMILES string of the molecule is CC(N)c1ccc(N2CCCC2)c(Cl)c1. The van der Waals surface area contributed by atoms with Crippen molar-refractivity contribution in [2.24, 2.45) is 5.73 Å². The predicted molar refractivity (Wildman–Crippen MR) is 65.5 cm³/mol. The van der Waals surface area contributed by atoms with Crippen LogP contribution in [0.2, 0.25) is 5.02 Å². The Morgan fingerprint density at radius 2 is 2.00 bits per heavy atom. The molecule has 1 unspecified atom stereocenters. The maximum atomic E-state index is 6.26. The molecule has 1 aromatic carbocycles. The van der Waals surface area contributed by atoms with E-state index in [1.807, 2.05) is 13.0 Å². The van der Waals surface area contributed by atoms with E-state index in [2.05, 4.69) is 17.0 Å². The molecule has 0 amide bonds. The van der Waals surface area contributed by atoms with Crippen LogP contribution in [-0.2, 0) is 0 Å². The van der Waals surface area contributed by atoms with Gasteiger partial charge in [-0.25, -0.2) is 0 Å². The van der Waals surface area contributed by atoms with Crippen molar-refractivity contribution in [2.75, 3.05) is 18.0 Å². The van der Waals surface area contributed by atoms with Gasteiger partial charge in [-0.2, -0.15) is 0 Å². The van der Waals surface area contributed by atoms with Crippen LogP contribution in [0.1, 0.15) is 31.4 Å². The Hall–Kier alpha value is -0.730. The number of nitrogens with two attached hydrogens (primary N) is 1. The van der Waals surface area contributed by atoms with E-state index in [0.717, 1.165) is 29.4 Å². The first kappa shape index (κ1) is 10.8. The summed E-state index contributed by atoms with van der Waals surface area (Å²) in [6.45, 7) is 4.22. The van der Waals surface area contributed by atoms with Crippen LogP contribution in [0, 0.1) is 0 Å². The fraction of sp³-hybridized carbons (Fsp3) is 0.500. The molecule has 2 nitrogen and oxygen atoms in total. The van der Waals surface area contributed by atoms with E-state index in [1.54, 1.807) is 0 Å². The summed E-state index contributed by atoms with van der Waals surface area (Å²) in [4.78, 5) is 2.34. The van der Waals surface area contributed by atoms with Crippen LogP contribution in [-0.4, -0.2) is 13.1 Å². The summed E-state index contributed by atoms with van der Waals surface area (Å²) in [5.41, 5.74) is 8.07. The van der Waals surface area contributed by atoms with E-state index in [9.17, 15) is 0 Å². The standard InChI is InChI=1S/C12H17ClN2/c1-9(14)10-4-5-12(11(13)8-10)15-6-2-3-7-15/h4-5,8-9H,2-3,6-7,14H2,1H3. The van der Waals surface area contributed by atoms with Crippen LogP contribution < -0.4 is 10.6 Å². The lowest BCUT2D eigenvalue weighted by molar-refractivity contribution is 0.817. The van der Waals surface area contributed by atoms with Gasteiger partial charge in [-0.1, -0.05) is 17.7 Å². The highest BCUT2D eigenvalue weighted by atomic mass is 35.5. The van der Waals surface area contributed by atoms with Crippen molar-refractivity contribution in [3.05, 3.63) is 28.8 Å². The summed E-state index contributed by atoms with van der Waals surface area (Å²) in [5.74, 6) is 0. The van der Waals surface area contributed by atoms with Crippen LogP contribution >= 0.6 is 11.6 Å². The molecule has 1 aliphatic heterocycles. The minimum atomic E-state index is 0.0510. The third-order valence-corrected chi connectivity index (χ3v) is 3.25. The monoisotopic (exact) mass is 224 g/mol. The van der Waals surface area contributed by atoms with Crippen LogP contribution in [0.4, 0.5) is 5.69 Å². The second-order valence-electron chi connectivity index (χ2n) is 4.19. The molecule has 1 aromatic rings. The van der Waals surface area contributed by atoms with E-state index < -0.39 is 0 Å². The predicted octanol–water partition coefficient (Wildman–Crippen LogP) is 2.96. The van der Waals surface area contributed by atoms with Gasteiger partial charge in [-0.05, 0) is 37.5 Å². The van der Waals surface area contributed by atoms with Crippen molar-refractivity contribution in [1.29, 1.82) is 0 Å². The van der Waals surface area contributed by atoms with Gasteiger partial charge in [0.15, 0.2) is 0 Å². The molecule has 0 radical (unpaired) electrons. The Labute approximate surface area is 96.0 Å². The van der Waals surface area contributed by atoms with Crippen molar-refractivity contribution in [2.45, 2.75) is 25.8 Å². The van der Waals surface area contributed by atoms with Crippen LogP contribution in [0.25, 0.3) is 0 Å². The minimum absolute atomic E-state index is 0.0510. The molecule has 0 spiro atoms. The minimum Gasteiger partial charge on any atom is -0.370 e. The number of hydrogen-bond donors (Lipinski definition) is 1. The Morgan fingerprint density at radius 1 is 1.33 bits per heavy atom. The molecular weight excluding hydrogens is 208 g/mol. The fourth-order valence-electron chi connectivity index (χ4n) is 2.02. The van der Waals surface area contributed by atoms with Gasteiger partial charge < -0.3 is 10.6 Å². The topological polar surface area (TPSA) is 29.3 Å². The van der Waals surface area contributed by atoms with Crippen LogP contribution in [0.15, 0.2) is 18.2 Å². The maximum Gasteiger partial charge on any atom is 0.0642 e. The molecule has 1 saturated heterocycles. The molecule has 1 heterocycles. The third kappa shape index (κ3) is 2.27. The summed E-state index contributed by atoms with van der Waals surface area (Å²) >= 11 is 6.26. The molecule has 15 heavy (non-hydrogen) atoms. The second kappa shape index (κ2) is 4.42. The highest BCUT2D eigenvalue weighted by Gasteiger charge is 2.15. The zero-order valence-electron chi connectivity index (χ0n) is 9.04. The highest BCUT2D eigenvalue weighted by molar-refractivity contribution is 6.33. The molecule has 0 aromatic heterocycles. The highest BCUT2D eigenvalue weighted by Crippen LogP contribution is 2.30. The molecule has 2 N–H and O–H groups in total. The van der Waals surface area contributed by atoms with Crippen molar-refractivity contribution >= 4 is 17.3 Å². The second-order valence-corrected chi connectivity index (χ2v) is 4.60. The third-order valence-electron chi connectivity index (χ3n) is 2.94. The normalized spacial score (nSPS) is 18.2. The summed E-state index contributed by atoms with van der Waals surface area (Å²) < 4.78 is 0. The summed E-state index contributed by atoms with van der Waals surface area (Å²) in [7, 11) is 0. The van der Waals surface area contributed by atoms with Gasteiger partial charge in [0.1, 0.15) is 0 Å². The van der Waals surface area contributed by atoms with Crippen molar-refractivity contribution in [3.8, 4) is 0 Å².